The summed E-state index contributed by atoms with van der Waals surface area (Å²) in [6.45, 7) is 1.62. The number of nitrogens with zero attached hydrogens (tertiary/aromatic N) is 2. The number of pyridine rings is 1. The number of fused-ring (bicyclic) bond motifs is 4. The Kier molecular flexibility index (Phi) is 11.8. The van der Waals surface area contributed by atoms with Crippen LogP contribution in [-0.4, -0.2) is 47.1 Å². The van der Waals surface area contributed by atoms with Gasteiger partial charge in [0.15, 0.2) is 0 Å². The number of carboxylic acid groups (broad SMARTS) is 1. The number of likely N-dealkylation sites (N-methyl/N-ethyl adjacent to an activating group) is 1. The number of aromatic nitrogens is 1. The molecule has 2 atom stereocenters. The molecule has 3 aromatic rings. The third-order valence-electron chi connectivity index (χ3n) is 8.64. The molecule has 1 aliphatic heterocycles. The molecule has 4 rings (SSSR count). The molecule has 2 heterocycles. The smallest absolute Gasteiger partial charge is 0.416 e. The van der Waals surface area contributed by atoms with Crippen molar-refractivity contribution in [2.45, 2.75) is 83.0 Å². The van der Waals surface area contributed by atoms with E-state index in [1.165, 1.54) is 25.1 Å². The summed E-state index contributed by atoms with van der Waals surface area (Å²) < 4.78 is 88.2. The Morgan fingerprint density at radius 3 is 2.35 bits per heavy atom. The first-order valence-electron chi connectivity index (χ1n) is 15.8. The van der Waals surface area contributed by atoms with Gasteiger partial charge in [0.05, 0.1) is 18.0 Å². The molecule has 48 heavy (non-hydrogen) atoms. The van der Waals surface area contributed by atoms with Crippen LogP contribution in [0.25, 0.3) is 11.1 Å². The molecule has 2 aromatic carbocycles. The molecular weight excluding hydrogens is 640 g/mol. The average molecular weight is 680 g/mol. The molecule has 0 saturated heterocycles. The first-order valence-corrected chi connectivity index (χ1v) is 15.8. The minimum Gasteiger partial charge on any atom is -0.481 e. The summed E-state index contributed by atoms with van der Waals surface area (Å²) in [6, 6.07) is 2.14. The van der Waals surface area contributed by atoms with E-state index in [1.54, 1.807) is 19.0 Å². The van der Waals surface area contributed by atoms with Crippen LogP contribution in [0.3, 0.4) is 0 Å². The summed E-state index contributed by atoms with van der Waals surface area (Å²) in [5.74, 6) is -4.80. The Morgan fingerprint density at radius 1 is 1.00 bits per heavy atom. The minimum atomic E-state index is -4.82. The van der Waals surface area contributed by atoms with E-state index in [1.807, 2.05) is 0 Å². The first kappa shape index (κ1) is 36.7. The minimum absolute atomic E-state index is 0.0176. The lowest BCUT2D eigenvalue weighted by molar-refractivity contribution is -0.139. The summed E-state index contributed by atoms with van der Waals surface area (Å²) in [5.41, 5.74) is -2.06. The quantitative estimate of drug-likeness (QED) is 0.271. The zero-order valence-electron chi connectivity index (χ0n) is 27.0. The number of alkyl halides is 3. The lowest BCUT2D eigenvalue weighted by Gasteiger charge is -2.26. The van der Waals surface area contributed by atoms with Gasteiger partial charge in [0.1, 0.15) is 23.5 Å². The molecule has 1 aliphatic rings. The normalized spacial score (nSPS) is 18.0. The molecule has 0 fully saturated rings. The van der Waals surface area contributed by atoms with Gasteiger partial charge in [0.2, 0.25) is 5.91 Å². The standard InChI is InChI=1S/C35H39F6N3O4/c1-20-13-23-15-25(33(20)38)28(18-31(46)47)42-34(48)29(10-8-6-4-5-7-9-21-14-24(36)16-27(37)32(21)23)44-19-22(11-12-43(2)3)26(17-30(44)45)35(39,40)41/h13-17,19,28-29H,4-12,18H2,1-3H3,(H,42,48)(H,46,47)/t28-,29-/m0/s1. The van der Waals surface area contributed by atoms with Crippen molar-refractivity contribution in [2.75, 3.05) is 20.6 Å². The number of carboxylic acids is 1. The number of rotatable bonds is 6. The molecule has 1 aromatic heterocycles. The highest BCUT2D eigenvalue weighted by molar-refractivity contribution is 5.82. The average Bonchev–Trinajstić information content (AvgIpc) is 2.97. The Labute approximate surface area is 274 Å². The lowest BCUT2D eigenvalue weighted by atomic mass is 9.90. The topological polar surface area (TPSA) is 91.6 Å². The highest BCUT2D eigenvalue weighted by Crippen LogP contribution is 2.36. The molecular formula is C35H39F6N3O4. The van der Waals surface area contributed by atoms with Crippen LogP contribution in [0.4, 0.5) is 26.3 Å². The van der Waals surface area contributed by atoms with Crippen molar-refractivity contribution in [3.05, 3.63) is 92.2 Å². The molecule has 260 valence electrons. The highest BCUT2D eigenvalue weighted by atomic mass is 19.4. The maximum Gasteiger partial charge on any atom is 0.416 e. The number of aliphatic carboxylic acids is 1. The van der Waals surface area contributed by atoms with Crippen LogP contribution in [0.5, 0.6) is 0 Å². The van der Waals surface area contributed by atoms with E-state index in [4.69, 9.17) is 0 Å². The summed E-state index contributed by atoms with van der Waals surface area (Å²) >= 11 is 0. The largest absolute Gasteiger partial charge is 0.481 e. The van der Waals surface area contributed by atoms with E-state index in [-0.39, 0.29) is 47.2 Å². The molecule has 0 radical (unpaired) electrons. The van der Waals surface area contributed by atoms with Gasteiger partial charge in [0.25, 0.3) is 5.56 Å². The predicted octanol–water partition coefficient (Wildman–Crippen LogP) is 7.13. The van der Waals surface area contributed by atoms with Crippen LogP contribution in [0.15, 0.2) is 41.3 Å². The SMILES string of the molecule is Cc1cc2cc(c1F)[C@H](CC(=O)O)NC(=O)[C@@H](n1cc(CCN(C)C)c(C(F)(F)F)cc1=O)CCCCCCCc1cc(F)cc(F)c1-2. The number of amides is 1. The van der Waals surface area contributed by atoms with E-state index >= 15 is 8.78 Å². The zero-order valence-corrected chi connectivity index (χ0v) is 27.0. The molecule has 2 N–H and O–H groups in total. The number of benzene rings is 2. The van der Waals surface area contributed by atoms with Gasteiger partial charge in [-0.25, -0.2) is 13.2 Å². The lowest BCUT2D eigenvalue weighted by Crippen LogP contribution is -2.40. The van der Waals surface area contributed by atoms with Gasteiger partial charge in [-0.1, -0.05) is 25.7 Å². The second-order valence-corrected chi connectivity index (χ2v) is 12.6. The molecule has 0 saturated carbocycles. The van der Waals surface area contributed by atoms with Crippen LogP contribution in [0, 0.1) is 24.4 Å². The summed E-state index contributed by atoms with van der Waals surface area (Å²) in [7, 11) is 3.37. The van der Waals surface area contributed by atoms with Gasteiger partial charge in [-0.15, -0.1) is 0 Å². The van der Waals surface area contributed by atoms with Gasteiger partial charge in [-0.2, -0.15) is 13.2 Å². The van der Waals surface area contributed by atoms with Crippen molar-refractivity contribution in [3.8, 4) is 11.1 Å². The van der Waals surface area contributed by atoms with Crippen molar-refractivity contribution < 1.29 is 41.0 Å². The number of carbonyl (C=O) groups excluding carboxylic acids is 1. The van der Waals surface area contributed by atoms with Crippen LogP contribution in [-0.2, 0) is 28.6 Å². The van der Waals surface area contributed by atoms with E-state index in [0.29, 0.717) is 56.2 Å². The number of carbonyl (C=O) groups is 2. The molecule has 2 bridgehead atoms. The molecule has 1 amide bonds. The van der Waals surface area contributed by atoms with Crippen molar-refractivity contribution in [3.63, 3.8) is 0 Å². The fraction of sp³-hybridized carbons (Fsp3) is 0.457. The van der Waals surface area contributed by atoms with Crippen molar-refractivity contribution in [1.29, 1.82) is 0 Å². The second-order valence-electron chi connectivity index (χ2n) is 12.6. The Hall–Kier alpha value is -4.13. The summed E-state index contributed by atoms with van der Waals surface area (Å²) in [4.78, 5) is 40.8. The number of nitrogens with one attached hydrogen (secondary N) is 1. The third-order valence-corrected chi connectivity index (χ3v) is 8.64. The van der Waals surface area contributed by atoms with Gasteiger partial charge in [-0.3, -0.25) is 14.4 Å². The van der Waals surface area contributed by atoms with Crippen molar-refractivity contribution >= 4 is 11.9 Å². The summed E-state index contributed by atoms with van der Waals surface area (Å²) in [6.07, 6.45) is -1.47. The molecule has 0 spiro atoms. The third kappa shape index (κ3) is 8.86. The van der Waals surface area contributed by atoms with Gasteiger partial charge < -0.3 is 19.9 Å². The van der Waals surface area contributed by atoms with Gasteiger partial charge in [-0.05, 0) is 87.2 Å². The summed E-state index contributed by atoms with van der Waals surface area (Å²) in [5, 5.41) is 12.3. The van der Waals surface area contributed by atoms with Crippen LogP contribution in [0.1, 0.15) is 84.8 Å². The van der Waals surface area contributed by atoms with Gasteiger partial charge >= 0.3 is 12.1 Å². The molecule has 0 aliphatic carbocycles. The van der Waals surface area contributed by atoms with Gasteiger partial charge in [0, 0.05) is 36.0 Å². The van der Waals surface area contributed by atoms with E-state index in [9.17, 15) is 37.1 Å². The van der Waals surface area contributed by atoms with E-state index < -0.39 is 65.1 Å². The van der Waals surface area contributed by atoms with E-state index in [0.717, 1.165) is 10.8 Å². The fourth-order valence-electron chi connectivity index (χ4n) is 6.25. The van der Waals surface area contributed by atoms with E-state index in [2.05, 4.69) is 5.32 Å². The number of hydrogen-bond acceptors (Lipinski definition) is 4. The van der Waals surface area contributed by atoms with Crippen molar-refractivity contribution in [2.24, 2.45) is 0 Å². The van der Waals surface area contributed by atoms with Crippen LogP contribution >= 0.6 is 0 Å². The highest BCUT2D eigenvalue weighted by Gasteiger charge is 2.36. The number of halogens is 6. The van der Waals surface area contributed by atoms with Crippen LogP contribution < -0.4 is 10.9 Å². The molecule has 13 heteroatoms. The number of hydrogen-bond donors (Lipinski definition) is 2. The Morgan fingerprint density at radius 2 is 1.69 bits per heavy atom. The Balaban J connectivity index is 1.87. The first-order chi connectivity index (χ1) is 22.6. The maximum absolute atomic E-state index is 15.8. The molecule has 7 nitrogen and oxygen atoms in total. The monoisotopic (exact) mass is 679 g/mol. The number of aryl methyl sites for hydroxylation is 2. The Bertz CT molecular complexity index is 1720. The predicted molar refractivity (Wildman–Crippen MR) is 168 cm³/mol. The maximum atomic E-state index is 15.8. The second kappa shape index (κ2) is 15.4. The van der Waals surface area contributed by atoms with Crippen molar-refractivity contribution in [1.82, 2.24) is 14.8 Å². The zero-order chi connectivity index (χ0) is 35.3. The fourth-order valence-corrected chi connectivity index (χ4v) is 6.25. The molecule has 0 unspecified atom stereocenters. The van der Waals surface area contributed by atoms with Crippen LogP contribution in [0.2, 0.25) is 0 Å².